The van der Waals surface area contributed by atoms with E-state index in [1.54, 1.807) is 12.1 Å². The second-order valence-electron chi connectivity index (χ2n) is 13.3. The van der Waals surface area contributed by atoms with Gasteiger partial charge in [-0.25, -0.2) is 8.78 Å². The summed E-state index contributed by atoms with van der Waals surface area (Å²) in [6.45, 7) is 1.70. The van der Waals surface area contributed by atoms with Crippen molar-refractivity contribution in [1.82, 2.24) is 19.6 Å². The van der Waals surface area contributed by atoms with Gasteiger partial charge < -0.3 is 51.3 Å². The second kappa shape index (κ2) is 19.7. The van der Waals surface area contributed by atoms with Gasteiger partial charge in [-0.3, -0.25) is 19.0 Å². The number of halogens is 3. The third-order valence-corrected chi connectivity index (χ3v) is 10.1. The zero-order valence-electron chi connectivity index (χ0n) is 30.9. The molecule has 0 spiro atoms. The van der Waals surface area contributed by atoms with Gasteiger partial charge in [0.2, 0.25) is 0 Å². The maximum atomic E-state index is 14.9. The Kier molecular flexibility index (Phi) is 14.7. The van der Waals surface area contributed by atoms with Gasteiger partial charge in [-0.05, 0) is 65.0 Å². The summed E-state index contributed by atoms with van der Waals surface area (Å²) in [4.78, 5) is 23.0. The lowest BCUT2D eigenvalue weighted by molar-refractivity contribution is 0.0341. The Morgan fingerprint density at radius 2 is 1.33 bits per heavy atom. The van der Waals surface area contributed by atoms with Gasteiger partial charge >= 0.3 is 14.2 Å². The number of fused-ring (bicyclic) bond motifs is 2. The lowest BCUT2D eigenvalue weighted by Gasteiger charge is -2.26. The fourth-order valence-electron chi connectivity index (χ4n) is 6.43. The van der Waals surface area contributed by atoms with Crippen LogP contribution in [0.1, 0.15) is 64.2 Å². The molecule has 6 heterocycles. The van der Waals surface area contributed by atoms with E-state index in [0.29, 0.717) is 48.4 Å². The molecule has 4 aliphatic rings. The number of ether oxygens (including phenoxy) is 2. The number of hydrogen-bond acceptors (Lipinski definition) is 14. The molecule has 2 aromatic carbocycles. The van der Waals surface area contributed by atoms with Crippen molar-refractivity contribution in [3.05, 3.63) is 87.0 Å². The van der Waals surface area contributed by atoms with Gasteiger partial charge in [0.1, 0.15) is 28.4 Å². The van der Waals surface area contributed by atoms with E-state index < -0.39 is 31.9 Å². The molecule has 4 aromatic rings. The molecule has 60 heavy (non-hydrogen) atoms. The highest BCUT2D eigenvalue weighted by Crippen LogP contribution is 2.35. The van der Waals surface area contributed by atoms with E-state index in [-0.39, 0.29) is 83.5 Å². The largest absolute Gasteiger partial charge is 0.552 e. The summed E-state index contributed by atoms with van der Waals surface area (Å²) >= 11 is 3.06. The molecule has 0 saturated carbocycles. The minimum absolute atomic E-state index is 0. The Morgan fingerprint density at radius 1 is 0.833 bits per heavy atom. The zero-order valence-corrected chi connectivity index (χ0v) is 32.5. The van der Waals surface area contributed by atoms with Gasteiger partial charge in [0.25, 0.3) is 11.8 Å². The van der Waals surface area contributed by atoms with E-state index in [1.807, 2.05) is 0 Å². The van der Waals surface area contributed by atoms with Crippen LogP contribution in [0.15, 0.2) is 53.1 Å². The van der Waals surface area contributed by atoms with Crippen LogP contribution in [0, 0.1) is 46.1 Å². The molecule has 0 bridgehead atoms. The van der Waals surface area contributed by atoms with Crippen LogP contribution in [0.2, 0.25) is 0 Å². The van der Waals surface area contributed by atoms with Crippen molar-refractivity contribution < 1.29 is 47.2 Å². The number of primary amides is 2. The van der Waals surface area contributed by atoms with Crippen molar-refractivity contribution in [3.63, 3.8) is 0 Å². The maximum absolute atomic E-state index is 14.9. The fourth-order valence-corrected chi connectivity index (χ4v) is 6.77. The quantitative estimate of drug-likeness (QED) is 0.151. The predicted molar refractivity (Wildman–Crippen MR) is 219 cm³/mol. The van der Waals surface area contributed by atoms with Crippen LogP contribution < -0.4 is 31.8 Å². The summed E-state index contributed by atoms with van der Waals surface area (Å²) in [6.07, 6.45) is 7.02. The topological polar surface area (TPSA) is 285 Å². The van der Waals surface area contributed by atoms with E-state index in [4.69, 9.17) is 46.3 Å². The smallest absolute Gasteiger partial charge is 0.532 e. The number of nitrogens with two attached hydrogens (primary N) is 3. The average molecular weight is 891 g/mol. The molecule has 23 heteroatoms. The molecule has 2 saturated heterocycles. The molecule has 4 atom stereocenters. The van der Waals surface area contributed by atoms with Gasteiger partial charge in [0.15, 0.2) is 17.5 Å². The van der Waals surface area contributed by atoms with E-state index in [2.05, 4.69) is 43.6 Å². The molecule has 2 fully saturated rings. The van der Waals surface area contributed by atoms with Crippen molar-refractivity contribution in [2.24, 2.45) is 23.3 Å². The normalized spacial score (nSPS) is 19.8. The molecule has 2 amide bonds. The molecule has 8 rings (SSSR count). The standard InChI is InChI=1S/C18H17BFN5O4.C10H13N5O2.C8H5BBrFO2.CH4/c20-16-11-3-5-19(27)29-15(11)2-1-13(16)23-18-12(17(22)26)8-25(24-18)14-9-28-6-4-10(14)7-21;11-3-6-1-2-17-5-8(6)15-4-7(10(13)16)9(12)14-15;10-6-1-2-7-5(8(6)11)3-4-9(12)13-7;/h1-3,5,8,10,14,27H,4,6,9H2,(H2,22,26)(H,23,24);4,6,8H,1-2,5H2,(H2,12,14)(H2,13,16);1-4,12H;1H4/t10-,14?;6-,8?;;/m11../s1. The van der Waals surface area contributed by atoms with E-state index >= 15 is 0 Å². The van der Waals surface area contributed by atoms with Gasteiger partial charge in [-0.1, -0.05) is 19.6 Å². The number of amides is 2. The van der Waals surface area contributed by atoms with Crippen LogP contribution in [0.3, 0.4) is 0 Å². The molecule has 0 radical (unpaired) electrons. The van der Waals surface area contributed by atoms with Gasteiger partial charge in [0, 0.05) is 25.6 Å². The van der Waals surface area contributed by atoms with Crippen molar-refractivity contribution in [1.29, 1.82) is 10.5 Å². The Hall–Kier alpha value is -6.23. The highest BCUT2D eigenvalue weighted by atomic mass is 79.9. The first kappa shape index (κ1) is 44.9. The third-order valence-electron chi connectivity index (χ3n) is 9.52. The number of nitrogens with zero attached hydrogens (tertiary/aromatic N) is 6. The maximum Gasteiger partial charge on any atom is 0.552 e. The van der Waals surface area contributed by atoms with E-state index in [0.717, 1.165) is 0 Å². The molecular formula is C37H39B2BrF2N10O8. The molecule has 4 aliphatic heterocycles. The minimum atomic E-state index is -1.14. The number of nitriles is 2. The number of carbonyl (C=O) groups excluding carboxylic acids is 2. The van der Waals surface area contributed by atoms with Crippen LogP contribution >= 0.6 is 15.9 Å². The summed E-state index contributed by atoms with van der Waals surface area (Å²) in [5, 5.41) is 48.1. The van der Waals surface area contributed by atoms with Crippen LogP contribution in [-0.4, -0.2) is 82.1 Å². The van der Waals surface area contributed by atoms with Crippen LogP contribution in [0.25, 0.3) is 12.2 Å². The first-order valence-corrected chi connectivity index (χ1v) is 18.7. The predicted octanol–water partition coefficient (Wildman–Crippen LogP) is 3.71. The molecular weight excluding hydrogens is 852 g/mol. The van der Waals surface area contributed by atoms with Crippen LogP contribution in [0.4, 0.5) is 26.1 Å². The number of anilines is 3. The molecule has 9 N–H and O–H groups in total. The Bertz CT molecular complexity index is 2390. The fraction of sp³-hybridized carbons (Fsp3) is 0.297. The van der Waals surface area contributed by atoms with Gasteiger partial charge in [0.05, 0.1) is 70.6 Å². The second-order valence-corrected chi connectivity index (χ2v) is 14.2. The summed E-state index contributed by atoms with van der Waals surface area (Å²) in [6, 6.07) is 9.89. The Morgan fingerprint density at radius 3 is 1.85 bits per heavy atom. The number of aromatic nitrogens is 4. The lowest BCUT2D eigenvalue weighted by Crippen LogP contribution is -2.29. The number of nitrogen functional groups attached to an aromatic ring is 1. The number of benzene rings is 2. The monoisotopic (exact) mass is 890 g/mol. The molecule has 2 aromatic heterocycles. The highest BCUT2D eigenvalue weighted by Gasteiger charge is 2.31. The van der Waals surface area contributed by atoms with Crippen molar-refractivity contribution >= 4 is 71.5 Å². The molecule has 18 nitrogen and oxygen atoms in total. The summed E-state index contributed by atoms with van der Waals surface area (Å²) < 4.78 is 52.5. The molecule has 0 aliphatic carbocycles. The first-order valence-electron chi connectivity index (χ1n) is 17.9. The zero-order chi connectivity index (χ0) is 42.4. The van der Waals surface area contributed by atoms with Crippen molar-refractivity contribution in [3.8, 4) is 23.6 Å². The number of hydrogen-bond donors (Lipinski definition) is 6. The highest BCUT2D eigenvalue weighted by molar-refractivity contribution is 9.10. The lowest BCUT2D eigenvalue weighted by atomic mass is 9.86. The third kappa shape index (κ3) is 9.96. The summed E-state index contributed by atoms with van der Waals surface area (Å²) in [7, 11) is -2.11. The SMILES string of the molecule is C.N#C[C@H]1CCOCC1n1cc(C(N)=O)c(N)n1.N#C[C@H]1CCOCC1n1cc(C(N)=O)c(Nc2ccc3c(c2F)C=CB(O)O3)n1.OB1C=Cc2c(ccc(Br)c2F)O1. The first-order chi connectivity index (χ1) is 28.3. The van der Waals surface area contributed by atoms with Crippen LogP contribution in [0.5, 0.6) is 11.5 Å². The summed E-state index contributed by atoms with van der Waals surface area (Å²) in [5.41, 5.74) is 17.0. The Labute approximate surface area is 351 Å². The van der Waals surface area contributed by atoms with E-state index in [1.165, 1.54) is 58.0 Å². The molecule has 312 valence electrons. The van der Waals surface area contributed by atoms with Gasteiger partial charge in [-0.15, -0.1) is 0 Å². The van der Waals surface area contributed by atoms with Gasteiger partial charge in [-0.2, -0.15) is 20.7 Å². The number of nitrogens with one attached hydrogen (secondary N) is 1. The number of carbonyl (C=O) groups is 2. The van der Waals surface area contributed by atoms with Crippen LogP contribution in [-0.2, 0) is 9.47 Å². The van der Waals surface area contributed by atoms with E-state index in [9.17, 15) is 28.7 Å². The minimum Gasteiger partial charge on any atom is -0.532 e. The molecule has 2 unspecified atom stereocenters. The average Bonchev–Trinajstić information content (AvgIpc) is 3.84. The Balaban J connectivity index is 0.000000187. The van der Waals surface area contributed by atoms with Crippen molar-refractivity contribution in [2.75, 3.05) is 37.5 Å². The van der Waals surface area contributed by atoms with Crippen molar-refractivity contribution in [2.45, 2.75) is 32.4 Å². The summed E-state index contributed by atoms with van der Waals surface area (Å²) in [5.74, 6) is 0.506. The number of rotatable bonds is 6.